The number of furan rings is 2. The van der Waals surface area contributed by atoms with Gasteiger partial charge in [-0.2, -0.15) is 0 Å². The average molecular weight is 1300 g/mol. The summed E-state index contributed by atoms with van der Waals surface area (Å²) in [5.41, 5.74) is 23.7. The highest BCUT2D eigenvalue weighted by Crippen LogP contribution is 2.46. The summed E-state index contributed by atoms with van der Waals surface area (Å²) in [6.45, 7) is 0. The maximum absolute atomic E-state index is 6.99. The molecule has 0 radical (unpaired) electrons. The second-order valence-electron chi connectivity index (χ2n) is 26.6. The first-order chi connectivity index (χ1) is 50.6. The molecule has 0 N–H and O–H groups in total. The Hall–Kier alpha value is -13.9. The van der Waals surface area contributed by atoms with Gasteiger partial charge < -0.3 is 27.1 Å². The molecule has 0 aliphatic carbocycles. The monoisotopic (exact) mass is 1300 g/mol. The third-order valence-corrected chi connectivity index (χ3v) is 21.0. The van der Waals surface area contributed by atoms with E-state index in [1.807, 2.05) is 18.2 Å². The summed E-state index contributed by atoms with van der Waals surface area (Å²) in [6, 6.07) is 119. The van der Waals surface area contributed by atoms with Gasteiger partial charge in [-0.05, 0) is 168 Å². The van der Waals surface area contributed by atoms with Crippen molar-refractivity contribution in [1.82, 2.24) is 33.2 Å². The van der Waals surface area contributed by atoms with Crippen LogP contribution >= 0.6 is 0 Å². The molecule has 22 rings (SSSR count). The summed E-state index contributed by atoms with van der Waals surface area (Å²) in [4.78, 5) is 15.9. The second-order valence-corrected chi connectivity index (χ2v) is 26.6. The quantitative estimate of drug-likeness (QED) is 0.144. The van der Waals surface area contributed by atoms with E-state index in [0.29, 0.717) is 17.5 Å². The second kappa shape index (κ2) is 21.8. The molecular formula is C93H55N7O2. The Balaban J connectivity index is 0.633. The van der Waals surface area contributed by atoms with Gasteiger partial charge in [0, 0.05) is 93.3 Å². The number of benzene rings is 15. The third kappa shape index (κ3) is 8.42. The number of nitrogens with zero attached hydrogens (tertiary/aromatic N) is 7. The van der Waals surface area contributed by atoms with Crippen molar-refractivity contribution in [3.05, 3.63) is 334 Å². The molecule has 0 amide bonds. The molecule has 0 unspecified atom stereocenters. The summed E-state index contributed by atoms with van der Waals surface area (Å²) in [5, 5.41) is 13.5. The first-order valence-corrected chi connectivity index (χ1v) is 34.5. The molecule has 7 aromatic heterocycles. The Morgan fingerprint density at radius 2 is 0.500 bits per heavy atom. The van der Waals surface area contributed by atoms with Crippen molar-refractivity contribution in [2.75, 3.05) is 0 Å². The predicted molar refractivity (Wildman–Crippen MR) is 419 cm³/mol. The van der Waals surface area contributed by atoms with Gasteiger partial charge in [0.25, 0.3) is 0 Å². The van der Waals surface area contributed by atoms with E-state index in [0.717, 1.165) is 149 Å². The fourth-order valence-corrected chi connectivity index (χ4v) is 16.4. The van der Waals surface area contributed by atoms with E-state index < -0.39 is 0 Å². The lowest BCUT2D eigenvalue weighted by Crippen LogP contribution is -2.02. The van der Waals surface area contributed by atoms with Gasteiger partial charge in [0.15, 0.2) is 17.5 Å². The average Bonchev–Trinajstić information content (AvgIpc) is 1.51. The number of fused-ring (bicyclic) bond motifs is 20. The van der Waals surface area contributed by atoms with Crippen molar-refractivity contribution in [3.63, 3.8) is 0 Å². The summed E-state index contributed by atoms with van der Waals surface area (Å²) in [7, 11) is 0. The van der Waals surface area contributed by atoms with Crippen LogP contribution in [0, 0.1) is 0 Å². The molecule has 0 saturated carbocycles. The fraction of sp³-hybridized carbons (Fsp3) is 0. The third-order valence-electron chi connectivity index (χ3n) is 21.0. The molecule has 22 aromatic rings. The molecule has 0 saturated heterocycles. The van der Waals surface area contributed by atoms with Crippen LogP contribution in [0.1, 0.15) is 0 Å². The standard InChI is InChI=1S/C93H55N7O2/c1-4-20-56(21-5-1)91-94-92(61-22-18-28-65(50-61)99-79-36-16-12-32-71(79)87-83(99)46-42-69-75-54-59(40-48-85(75)101-89(69)87)57-38-44-81-73(52-57)67-30-10-14-34-77(67)97(81)63-24-6-2-7-25-63)96-93(95-91)62-23-19-29-66(51-62)100-80-37-17-13-33-72(80)88-84(100)47-43-70-76-55-60(41-49-86(76)102-90(70)88)58-39-45-82-74(53-58)68-31-11-15-35-78(68)98(82)64-26-8-3-9-27-64/h1-55H. The van der Waals surface area contributed by atoms with Crippen LogP contribution in [-0.4, -0.2) is 33.2 Å². The molecule has 9 heteroatoms. The van der Waals surface area contributed by atoms with Crippen LogP contribution in [0.15, 0.2) is 342 Å². The summed E-state index contributed by atoms with van der Waals surface area (Å²) >= 11 is 0. The first-order valence-electron chi connectivity index (χ1n) is 34.5. The van der Waals surface area contributed by atoms with Gasteiger partial charge in [-0.15, -0.1) is 0 Å². The van der Waals surface area contributed by atoms with E-state index >= 15 is 0 Å². The minimum absolute atomic E-state index is 0.562. The van der Waals surface area contributed by atoms with Gasteiger partial charge in [0.1, 0.15) is 22.3 Å². The molecule has 0 aliphatic rings. The van der Waals surface area contributed by atoms with Crippen molar-refractivity contribution < 1.29 is 8.83 Å². The Bertz CT molecular complexity index is 6840. The minimum Gasteiger partial charge on any atom is -0.455 e. The molecule has 102 heavy (non-hydrogen) atoms. The SMILES string of the molecule is c1ccc(-c2nc(-c3cccc(-n4c5ccccc5c5c6oc7ccc(-c8ccc9c(c8)c8ccccc8n9-c8ccccc8)cc7c6ccc54)c3)nc(-c3cccc(-n4c5ccccc5c5c6oc7ccc(-c8ccc9c(c8)c8ccccc8n9-c8ccccc8)cc7c6ccc54)c3)n2)cc1. The van der Waals surface area contributed by atoms with Crippen molar-refractivity contribution in [1.29, 1.82) is 0 Å². The van der Waals surface area contributed by atoms with E-state index in [4.69, 9.17) is 23.8 Å². The van der Waals surface area contributed by atoms with Crippen LogP contribution in [0.4, 0.5) is 0 Å². The van der Waals surface area contributed by atoms with E-state index in [-0.39, 0.29) is 0 Å². The molecule has 0 fully saturated rings. The smallest absolute Gasteiger partial charge is 0.164 e. The number of hydrogen-bond donors (Lipinski definition) is 0. The zero-order valence-electron chi connectivity index (χ0n) is 54.7. The van der Waals surface area contributed by atoms with Crippen LogP contribution in [0.3, 0.4) is 0 Å². The molecule has 0 spiro atoms. The fourth-order valence-electron chi connectivity index (χ4n) is 16.4. The molecule has 9 nitrogen and oxygen atoms in total. The molecule has 0 aliphatic heterocycles. The molecule has 474 valence electrons. The Labute approximate surface area is 582 Å². The van der Waals surface area contributed by atoms with E-state index in [1.165, 1.54) is 43.6 Å². The van der Waals surface area contributed by atoms with Gasteiger partial charge >= 0.3 is 0 Å². The highest BCUT2D eigenvalue weighted by Gasteiger charge is 2.24. The van der Waals surface area contributed by atoms with Crippen molar-refractivity contribution in [3.8, 4) is 79.2 Å². The van der Waals surface area contributed by atoms with Crippen molar-refractivity contribution in [2.24, 2.45) is 0 Å². The number of rotatable bonds is 9. The van der Waals surface area contributed by atoms with E-state index in [2.05, 4.69) is 334 Å². The van der Waals surface area contributed by atoms with Crippen LogP contribution in [-0.2, 0) is 0 Å². The maximum atomic E-state index is 6.99. The summed E-state index contributed by atoms with van der Waals surface area (Å²) in [5.74, 6) is 1.71. The molecular weight excluding hydrogens is 1250 g/mol. The Morgan fingerprint density at radius 1 is 0.186 bits per heavy atom. The van der Waals surface area contributed by atoms with Gasteiger partial charge in [-0.3, -0.25) is 0 Å². The zero-order chi connectivity index (χ0) is 66.7. The van der Waals surface area contributed by atoms with Crippen molar-refractivity contribution in [2.45, 2.75) is 0 Å². The van der Waals surface area contributed by atoms with Crippen LogP contribution in [0.25, 0.3) is 210 Å². The van der Waals surface area contributed by atoms with Gasteiger partial charge in [0.2, 0.25) is 0 Å². The van der Waals surface area contributed by atoms with Crippen molar-refractivity contribution >= 4 is 131 Å². The van der Waals surface area contributed by atoms with E-state index in [1.54, 1.807) is 0 Å². The molecule has 0 atom stereocenters. The lowest BCUT2D eigenvalue weighted by Gasteiger charge is -2.13. The molecule has 7 heterocycles. The van der Waals surface area contributed by atoms with E-state index in [9.17, 15) is 0 Å². The molecule has 0 bridgehead atoms. The highest BCUT2D eigenvalue weighted by atomic mass is 16.3. The van der Waals surface area contributed by atoms with Gasteiger partial charge in [0.05, 0.1) is 54.9 Å². The highest BCUT2D eigenvalue weighted by molar-refractivity contribution is 6.26. The number of hydrogen-bond acceptors (Lipinski definition) is 5. The van der Waals surface area contributed by atoms with Crippen LogP contribution in [0.2, 0.25) is 0 Å². The predicted octanol–water partition coefficient (Wildman–Crippen LogP) is 24.4. The summed E-state index contributed by atoms with van der Waals surface area (Å²) in [6.07, 6.45) is 0. The first kappa shape index (κ1) is 56.2. The zero-order valence-corrected chi connectivity index (χ0v) is 54.7. The maximum Gasteiger partial charge on any atom is 0.164 e. The van der Waals surface area contributed by atoms with Gasteiger partial charge in [-0.1, -0.05) is 188 Å². The Morgan fingerprint density at radius 3 is 0.941 bits per heavy atom. The normalized spacial score (nSPS) is 12.1. The topological polar surface area (TPSA) is 84.7 Å². The summed E-state index contributed by atoms with van der Waals surface area (Å²) < 4.78 is 23.4. The van der Waals surface area contributed by atoms with Crippen LogP contribution in [0.5, 0.6) is 0 Å². The number of aromatic nitrogens is 7. The number of para-hydroxylation sites is 6. The van der Waals surface area contributed by atoms with Crippen LogP contribution < -0.4 is 0 Å². The minimum atomic E-state index is 0.562. The molecule has 15 aromatic carbocycles. The van der Waals surface area contributed by atoms with Gasteiger partial charge in [-0.25, -0.2) is 15.0 Å². The largest absolute Gasteiger partial charge is 0.455 e. The Kier molecular flexibility index (Phi) is 12.0. The lowest BCUT2D eigenvalue weighted by atomic mass is 10.00. The lowest BCUT2D eigenvalue weighted by molar-refractivity contribution is 0.672.